The van der Waals surface area contributed by atoms with E-state index in [0.29, 0.717) is 16.7 Å². The van der Waals surface area contributed by atoms with E-state index in [-0.39, 0.29) is 16.5 Å². The number of non-ortho nitro benzene ring substituents is 1. The maximum atomic E-state index is 12.2. The van der Waals surface area contributed by atoms with Gasteiger partial charge in [-0.05, 0) is 19.1 Å². The van der Waals surface area contributed by atoms with Gasteiger partial charge in [-0.3, -0.25) is 14.9 Å². The predicted octanol–water partition coefficient (Wildman–Crippen LogP) is 4.07. The molecule has 0 aliphatic rings. The number of furan rings is 1. The molecule has 0 radical (unpaired) electrons. The van der Waals surface area contributed by atoms with Crippen LogP contribution in [0.4, 0.5) is 5.69 Å². The van der Waals surface area contributed by atoms with Gasteiger partial charge in [0.25, 0.3) is 5.69 Å². The molecule has 7 nitrogen and oxygen atoms in total. The number of halogens is 1. The lowest BCUT2D eigenvalue weighted by molar-refractivity contribution is -0.384. The molecule has 1 heterocycles. The van der Waals surface area contributed by atoms with Crippen molar-refractivity contribution in [2.75, 3.05) is 0 Å². The molecule has 8 heteroatoms. The van der Waals surface area contributed by atoms with Gasteiger partial charge in [0.1, 0.15) is 5.58 Å². The van der Waals surface area contributed by atoms with Crippen molar-refractivity contribution >= 4 is 40.4 Å². The van der Waals surface area contributed by atoms with Crippen LogP contribution in [0.25, 0.3) is 11.0 Å². The Morgan fingerprint density at radius 2 is 2.08 bits per heavy atom. The Hall–Kier alpha value is -3.19. The van der Waals surface area contributed by atoms with Gasteiger partial charge in [-0.1, -0.05) is 29.8 Å². The number of carbonyl (C=O) groups is 1. The molecular weight excluding hydrogens is 346 g/mol. The highest BCUT2D eigenvalue weighted by atomic mass is 35.5. The summed E-state index contributed by atoms with van der Waals surface area (Å²) in [5, 5.41) is 15.7. The largest absolute Gasteiger partial charge is 0.451 e. The lowest BCUT2D eigenvalue weighted by Gasteiger charge is -1.99. The molecule has 0 atom stereocenters. The van der Waals surface area contributed by atoms with Crippen LogP contribution in [0, 0.1) is 17.0 Å². The number of para-hydroxylation sites is 1. The fourth-order valence-corrected chi connectivity index (χ4v) is 2.51. The third kappa shape index (κ3) is 3.36. The fourth-order valence-electron chi connectivity index (χ4n) is 2.35. The average Bonchev–Trinajstić information content (AvgIpc) is 2.93. The Labute approximate surface area is 147 Å². The van der Waals surface area contributed by atoms with Crippen LogP contribution in [0.3, 0.4) is 0 Å². The molecule has 0 fully saturated rings. The molecule has 0 saturated carbocycles. The lowest BCUT2D eigenvalue weighted by atomic mass is 10.1. The van der Waals surface area contributed by atoms with Crippen molar-refractivity contribution in [1.82, 2.24) is 5.43 Å². The smallest absolute Gasteiger partial charge is 0.307 e. The van der Waals surface area contributed by atoms with Crippen molar-refractivity contribution < 1.29 is 14.1 Å². The summed E-state index contributed by atoms with van der Waals surface area (Å²) < 4.78 is 5.54. The van der Waals surface area contributed by atoms with E-state index in [4.69, 9.17) is 16.0 Å². The zero-order valence-corrected chi connectivity index (χ0v) is 13.8. The molecule has 0 aliphatic heterocycles. The van der Waals surface area contributed by atoms with Crippen LogP contribution < -0.4 is 5.43 Å². The molecule has 0 saturated heterocycles. The molecule has 1 aromatic heterocycles. The first kappa shape index (κ1) is 16.7. The highest BCUT2D eigenvalue weighted by Gasteiger charge is 2.16. The number of fused-ring (bicyclic) bond motifs is 1. The Morgan fingerprint density at radius 1 is 1.32 bits per heavy atom. The van der Waals surface area contributed by atoms with Crippen LogP contribution in [-0.4, -0.2) is 17.0 Å². The Kier molecular flexibility index (Phi) is 4.49. The minimum atomic E-state index is -0.538. The first-order valence-electron chi connectivity index (χ1n) is 7.23. The number of nitro benzene ring substituents is 1. The van der Waals surface area contributed by atoms with Crippen molar-refractivity contribution in [3.8, 4) is 0 Å². The maximum absolute atomic E-state index is 12.2. The van der Waals surface area contributed by atoms with Crippen molar-refractivity contribution in [1.29, 1.82) is 0 Å². The van der Waals surface area contributed by atoms with E-state index < -0.39 is 10.8 Å². The molecule has 3 rings (SSSR count). The number of hydrogen-bond acceptors (Lipinski definition) is 5. The van der Waals surface area contributed by atoms with E-state index >= 15 is 0 Å². The lowest BCUT2D eigenvalue weighted by Crippen LogP contribution is -2.17. The number of nitrogens with one attached hydrogen (secondary N) is 1. The number of amides is 1. The van der Waals surface area contributed by atoms with Gasteiger partial charge in [0, 0.05) is 33.7 Å². The summed E-state index contributed by atoms with van der Waals surface area (Å²) in [5.74, 6) is -0.366. The molecule has 25 heavy (non-hydrogen) atoms. The quantitative estimate of drug-likeness (QED) is 0.432. The Bertz CT molecular complexity index is 1010. The second kappa shape index (κ2) is 6.74. The first-order valence-corrected chi connectivity index (χ1v) is 7.60. The molecule has 0 aliphatic carbocycles. The fraction of sp³-hybridized carbons (Fsp3) is 0.0588. The predicted molar refractivity (Wildman–Crippen MR) is 94.1 cm³/mol. The van der Waals surface area contributed by atoms with Crippen LogP contribution in [0.2, 0.25) is 5.02 Å². The van der Waals surface area contributed by atoms with Gasteiger partial charge >= 0.3 is 5.91 Å². The monoisotopic (exact) mass is 357 g/mol. The SMILES string of the molecule is Cc1c(C(=O)N/N=C\c2cc([N+](=O)[O-])ccc2Cl)oc2ccccc12. The number of aryl methyl sites for hydroxylation is 1. The van der Waals surface area contributed by atoms with Crippen molar-refractivity contribution in [3.05, 3.63) is 74.5 Å². The summed E-state index contributed by atoms with van der Waals surface area (Å²) in [7, 11) is 0. The number of rotatable bonds is 4. The third-order valence-electron chi connectivity index (χ3n) is 3.61. The number of nitrogens with zero attached hydrogens (tertiary/aromatic N) is 2. The van der Waals surface area contributed by atoms with E-state index in [1.54, 1.807) is 13.0 Å². The summed E-state index contributed by atoms with van der Waals surface area (Å²) in [6, 6.07) is 11.2. The number of hydrazone groups is 1. The van der Waals surface area contributed by atoms with Crippen LogP contribution in [0.5, 0.6) is 0 Å². The number of carbonyl (C=O) groups excluding carboxylic acids is 1. The Balaban J connectivity index is 1.80. The second-order valence-electron chi connectivity index (χ2n) is 5.21. The molecular formula is C17H12ClN3O4. The molecule has 1 amide bonds. The molecule has 3 aromatic rings. The maximum Gasteiger partial charge on any atom is 0.307 e. The third-order valence-corrected chi connectivity index (χ3v) is 3.95. The summed E-state index contributed by atoms with van der Waals surface area (Å²) >= 11 is 5.97. The van der Waals surface area contributed by atoms with Crippen LogP contribution in [0.15, 0.2) is 52.0 Å². The standard InChI is InChI=1S/C17H12ClN3O4/c1-10-13-4-2-3-5-15(13)25-16(10)17(22)20-19-9-11-8-12(21(23)24)6-7-14(11)18/h2-9H,1H3,(H,20,22)/b19-9-. The highest BCUT2D eigenvalue weighted by Crippen LogP contribution is 2.25. The molecule has 126 valence electrons. The number of benzene rings is 2. The van der Waals surface area contributed by atoms with Gasteiger partial charge in [0.2, 0.25) is 0 Å². The average molecular weight is 358 g/mol. The summed E-state index contributed by atoms with van der Waals surface area (Å²) in [6.45, 7) is 1.78. The highest BCUT2D eigenvalue weighted by molar-refractivity contribution is 6.33. The van der Waals surface area contributed by atoms with Gasteiger partial charge in [0.05, 0.1) is 11.1 Å². The van der Waals surface area contributed by atoms with E-state index in [1.807, 2.05) is 18.2 Å². The van der Waals surface area contributed by atoms with Gasteiger partial charge in [0.15, 0.2) is 5.76 Å². The molecule has 1 N–H and O–H groups in total. The van der Waals surface area contributed by atoms with Crippen LogP contribution in [-0.2, 0) is 0 Å². The summed E-state index contributed by atoms with van der Waals surface area (Å²) in [4.78, 5) is 22.5. The van der Waals surface area contributed by atoms with E-state index in [2.05, 4.69) is 10.5 Å². The number of nitro groups is 1. The van der Waals surface area contributed by atoms with Crippen LogP contribution >= 0.6 is 11.6 Å². The second-order valence-corrected chi connectivity index (χ2v) is 5.62. The normalized spacial score (nSPS) is 11.1. The molecule has 0 bridgehead atoms. The van der Waals surface area contributed by atoms with E-state index in [9.17, 15) is 14.9 Å². The minimum Gasteiger partial charge on any atom is -0.451 e. The van der Waals surface area contributed by atoms with Crippen molar-refractivity contribution in [3.63, 3.8) is 0 Å². The minimum absolute atomic E-state index is 0.120. The van der Waals surface area contributed by atoms with Crippen molar-refractivity contribution in [2.45, 2.75) is 6.92 Å². The topological polar surface area (TPSA) is 97.7 Å². The zero-order valence-electron chi connectivity index (χ0n) is 13.0. The summed E-state index contributed by atoms with van der Waals surface area (Å²) in [5.41, 5.74) is 3.84. The molecule has 2 aromatic carbocycles. The van der Waals surface area contributed by atoms with Crippen molar-refractivity contribution in [2.24, 2.45) is 5.10 Å². The zero-order chi connectivity index (χ0) is 18.0. The van der Waals surface area contributed by atoms with Gasteiger partial charge in [-0.15, -0.1) is 0 Å². The molecule has 0 unspecified atom stereocenters. The van der Waals surface area contributed by atoms with E-state index in [1.165, 1.54) is 24.4 Å². The number of hydrogen-bond donors (Lipinski definition) is 1. The molecule has 0 spiro atoms. The van der Waals surface area contributed by atoms with Crippen LogP contribution in [0.1, 0.15) is 21.7 Å². The Morgan fingerprint density at radius 3 is 2.80 bits per heavy atom. The van der Waals surface area contributed by atoms with Gasteiger partial charge < -0.3 is 4.42 Å². The summed E-state index contributed by atoms with van der Waals surface area (Å²) in [6.07, 6.45) is 1.24. The van der Waals surface area contributed by atoms with E-state index in [0.717, 1.165) is 5.39 Å². The van der Waals surface area contributed by atoms with Gasteiger partial charge in [-0.25, -0.2) is 5.43 Å². The van der Waals surface area contributed by atoms with Gasteiger partial charge in [-0.2, -0.15) is 5.10 Å². The first-order chi connectivity index (χ1) is 12.0.